The standard InChI is InChI=1S/C15H14BrN3O/c1-9-3-13-14(4-10(9)2)19(8-18-13)15-11(7-20)5-12(16)6-17-15/h3-6,8,20H,7H2,1-2H3. The van der Waals surface area contributed by atoms with Gasteiger partial charge in [0.15, 0.2) is 0 Å². The van der Waals surface area contributed by atoms with Crippen LogP contribution in [0.25, 0.3) is 16.9 Å². The van der Waals surface area contributed by atoms with Crippen LogP contribution in [-0.2, 0) is 6.61 Å². The third kappa shape index (κ3) is 2.13. The molecule has 0 saturated heterocycles. The Morgan fingerprint density at radius 1 is 1.15 bits per heavy atom. The predicted molar refractivity (Wildman–Crippen MR) is 82.0 cm³/mol. The van der Waals surface area contributed by atoms with Crippen molar-refractivity contribution in [2.24, 2.45) is 0 Å². The molecule has 1 aromatic carbocycles. The van der Waals surface area contributed by atoms with Gasteiger partial charge in [0.2, 0.25) is 0 Å². The highest BCUT2D eigenvalue weighted by atomic mass is 79.9. The topological polar surface area (TPSA) is 50.9 Å². The van der Waals surface area contributed by atoms with E-state index in [2.05, 4.69) is 51.9 Å². The van der Waals surface area contributed by atoms with Crippen LogP contribution in [0.1, 0.15) is 16.7 Å². The number of halogens is 1. The highest BCUT2D eigenvalue weighted by molar-refractivity contribution is 9.10. The van der Waals surface area contributed by atoms with Crippen LogP contribution in [0.5, 0.6) is 0 Å². The molecule has 102 valence electrons. The van der Waals surface area contributed by atoms with Crippen molar-refractivity contribution in [3.63, 3.8) is 0 Å². The summed E-state index contributed by atoms with van der Waals surface area (Å²) in [5, 5.41) is 9.52. The smallest absolute Gasteiger partial charge is 0.143 e. The van der Waals surface area contributed by atoms with E-state index in [-0.39, 0.29) is 6.61 Å². The van der Waals surface area contributed by atoms with Gasteiger partial charge >= 0.3 is 0 Å². The first-order valence-electron chi connectivity index (χ1n) is 6.30. The third-order valence-electron chi connectivity index (χ3n) is 3.47. The van der Waals surface area contributed by atoms with E-state index < -0.39 is 0 Å². The number of aliphatic hydroxyl groups excluding tert-OH is 1. The molecule has 2 heterocycles. The van der Waals surface area contributed by atoms with Gasteiger partial charge in [0.05, 0.1) is 17.6 Å². The van der Waals surface area contributed by atoms with E-state index >= 15 is 0 Å². The van der Waals surface area contributed by atoms with Crippen LogP contribution < -0.4 is 0 Å². The second kappa shape index (κ2) is 5.00. The lowest BCUT2D eigenvalue weighted by molar-refractivity contribution is 0.281. The van der Waals surface area contributed by atoms with Crippen molar-refractivity contribution >= 4 is 27.0 Å². The van der Waals surface area contributed by atoms with Crippen molar-refractivity contribution in [1.29, 1.82) is 0 Å². The molecular formula is C15H14BrN3O. The quantitative estimate of drug-likeness (QED) is 0.783. The molecule has 0 unspecified atom stereocenters. The van der Waals surface area contributed by atoms with Crippen LogP contribution in [0.15, 0.2) is 35.2 Å². The number of nitrogens with zero attached hydrogens (tertiary/aromatic N) is 3. The molecule has 2 aromatic heterocycles. The van der Waals surface area contributed by atoms with Gasteiger partial charge in [-0.15, -0.1) is 0 Å². The molecule has 0 atom stereocenters. The maximum atomic E-state index is 9.52. The first-order chi connectivity index (χ1) is 9.60. The molecule has 0 saturated carbocycles. The second-order valence-electron chi connectivity index (χ2n) is 4.83. The number of imidazole rings is 1. The fourth-order valence-electron chi connectivity index (χ4n) is 2.24. The number of hydrogen-bond donors (Lipinski definition) is 1. The number of hydrogen-bond acceptors (Lipinski definition) is 3. The van der Waals surface area contributed by atoms with Crippen molar-refractivity contribution in [3.05, 3.63) is 51.9 Å². The fourth-order valence-corrected chi connectivity index (χ4v) is 2.62. The lowest BCUT2D eigenvalue weighted by atomic mass is 10.1. The number of benzene rings is 1. The first-order valence-corrected chi connectivity index (χ1v) is 7.09. The number of fused-ring (bicyclic) bond motifs is 1. The summed E-state index contributed by atoms with van der Waals surface area (Å²) in [5.41, 5.74) is 5.12. The summed E-state index contributed by atoms with van der Waals surface area (Å²) in [7, 11) is 0. The minimum atomic E-state index is -0.0632. The Labute approximate surface area is 125 Å². The number of aliphatic hydroxyl groups is 1. The van der Waals surface area contributed by atoms with Crippen LogP contribution in [0.3, 0.4) is 0 Å². The van der Waals surface area contributed by atoms with E-state index in [4.69, 9.17) is 0 Å². The Balaban J connectivity index is 2.27. The maximum Gasteiger partial charge on any atom is 0.143 e. The summed E-state index contributed by atoms with van der Waals surface area (Å²) in [6.45, 7) is 4.09. The molecule has 4 nitrogen and oxygen atoms in total. The van der Waals surface area contributed by atoms with Gasteiger partial charge in [0, 0.05) is 16.2 Å². The van der Waals surface area contributed by atoms with Gasteiger partial charge < -0.3 is 5.11 Å². The zero-order chi connectivity index (χ0) is 14.3. The van der Waals surface area contributed by atoms with Crippen LogP contribution in [0.4, 0.5) is 0 Å². The predicted octanol–water partition coefficient (Wildman–Crippen LogP) is 3.29. The van der Waals surface area contributed by atoms with Gasteiger partial charge in [-0.1, -0.05) is 0 Å². The molecular weight excluding hydrogens is 318 g/mol. The van der Waals surface area contributed by atoms with Gasteiger partial charge in [-0.25, -0.2) is 9.97 Å². The van der Waals surface area contributed by atoms with E-state index in [0.717, 1.165) is 21.1 Å². The SMILES string of the molecule is Cc1cc2ncn(-c3ncc(Br)cc3CO)c2cc1C. The zero-order valence-corrected chi connectivity index (χ0v) is 12.8. The number of rotatable bonds is 2. The van der Waals surface area contributed by atoms with Gasteiger partial charge in [-0.05, 0) is 59.1 Å². The van der Waals surface area contributed by atoms with Crippen LogP contribution in [-0.4, -0.2) is 19.6 Å². The summed E-state index contributed by atoms with van der Waals surface area (Å²) in [5.74, 6) is 0.710. The van der Waals surface area contributed by atoms with Gasteiger partial charge in [-0.3, -0.25) is 4.57 Å². The zero-order valence-electron chi connectivity index (χ0n) is 11.3. The van der Waals surface area contributed by atoms with E-state index in [0.29, 0.717) is 5.82 Å². The number of aryl methyl sites for hydroxylation is 2. The normalized spacial score (nSPS) is 11.2. The molecule has 3 rings (SSSR count). The van der Waals surface area contributed by atoms with Crippen molar-refractivity contribution in [2.45, 2.75) is 20.5 Å². The molecule has 0 aliphatic rings. The molecule has 0 aliphatic heterocycles. The summed E-state index contributed by atoms with van der Waals surface area (Å²) in [4.78, 5) is 8.83. The Bertz CT molecular complexity index is 795. The second-order valence-corrected chi connectivity index (χ2v) is 5.75. The Kier molecular flexibility index (Phi) is 3.31. The summed E-state index contributed by atoms with van der Waals surface area (Å²) >= 11 is 3.37. The molecule has 1 N–H and O–H groups in total. The van der Waals surface area contributed by atoms with Crippen LogP contribution in [0.2, 0.25) is 0 Å². The Morgan fingerprint density at radius 2 is 1.90 bits per heavy atom. The fraction of sp³-hybridized carbons (Fsp3) is 0.200. The van der Waals surface area contributed by atoms with E-state index in [1.165, 1.54) is 11.1 Å². The third-order valence-corrected chi connectivity index (χ3v) is 3.90. The molecule has 0 spiro atoms. The summed E-state index contributed by atoms with van der Waals surface area (Å²) in [6, 6.07) is 6.04. The lowest BCUT2D eigenvalue weighted by Gasteiger charge is -2.09. The van der Waals surface area contributed by atoms with Crippen molar-refractivity contribution in [3.8, 4) is 5.82 Å². The summed E-state index contributed by atoms with van der Waals surface area (Å²) < 4.78 is 2.77. The molecule has 3 aromatic rings. The van der Waals surface area contributed by atoms with Crippen LogP contribution >= 0.6 is 15.9 Å². The van der Waals surface area contributed by atoms with Crippen molar-refractivity contribution in [2.75, 3.05) is 0 Å². The average molecular weight is 332 g/mol. The van der Waals surface area contributed by atoms with Gasteiger partial charge in [0.25, 0.3) is 0 Å². The monoisotopic (exact) mass is 331 g/mol. The minimum Gasteiger partial charge on any atom is -0.392 e. The van der Waals surface area contributed by atoms with E-state index in [1.807, 2.05) is 10.6 Å². The summed E-state index contributed by atoms with van der Waals surface area (Å²) in [6.07, 6.45) is 3.47. The highest BCUT2D eigenvalue weighted by Gasteiger charge is 2.11. The first kappa shape index (κ1) is 13.3. The lowest BCUT2D eigenvalue weighted by Crippen LogP contribution is -2.02. The molecule has 0 radical (unpaired) electrons. The molecule has 0 amide bonds. The molecule has 20 heavy (non-hydrogen) atoms. The molecule has 0 bridgehead atoms. The number of aromatic nitrogens is 3. The van der Waals surface area contributed by atoms with Crippen molar-refractivity contribution in [1.82, 2.24) is 14.5 Å². The Hall–Kier alpha value is -1.72. The minimum absolute atomic E-state index is 0.0632. The maximum absolute atomic E-state index is 9.52. The molecule has 5 heteroatoms. The van der Waals surface area contributed by atoms with E-state index in [1.54, 1.807) is 12.5 Å². The van der Waals surface area contributed by atoms with Gasteiger partial charge in [-0.2, -0.15) is 0 Å². The molecule has 0 aliphatic carbocycles. The Morgan fingerprint density at radius 3 is 2.65 bits per heavy atom. The van der Waals surface area contributed by atoms with Crippen molar-refractivity contribution < 1.29 is 5.11 Å². The highest BCUT2D eigenvalue weighted by Crippen LogP contribution is 2.24. The largest absolute Gasteiger partial charge is 0.392 e. The molecule has 0 fully saturated rings. The van der Waals surface area contributed by atoms with E-state index in [9.17, 15) is 5.11 Å². The van der Waals surface area contributed by atoms with Gasteiger partial charge in [0.1, 0.15) is 12.1 Å². The average Bonchev–Trinajstić information content (AvgIpc) is 2.82. The van der Waals surface area contributed by atoms with Crippen LogP contribution in [0, 0.1) is 13.8 Å². The number of pyridine rings is 1.